The van der Waals surface area contributed by atoms with Crippen LogP contribution in [0.4, 0.5) is 18.9 Å². The molecule has 0 unspecified atom stereocenters. The second-order valence-corrected chi connectivity index (χ2v) is 6.24. The van der Waals surface area contributed by atoms with Crippen LogP contribution in [0, 0.1) is 0 Å². The molecule has 0 spiro atoms. The molecule has 0 aliphatic rings. The van der Waals surface area contributed by atoms with Crippen molar-refractivity contribution in [1.82, 2.24) is 0 Å². The summed E-state index contributed by atoms with van der Waals surface area (Å²) in [5, 5.41) is 2.74. The van der Waals surface area contributed by atoms with E-state index in [9.17, 15) is 18.0 Å². The maximum atomic E-state index is 12.8. The quantitative estimate of drug-likeness (QED) is 0.572. The van der Waals surface area contributed by atoms with Gasteiger partial charge in [0.2, 0.25) is 0 Å². The Hall–Kier alpha value is -2.67. The highest BCUT2D eigenvalue weighted by Gasteiger charge is 2.30. The molecule has 0 bridgehead atoms. The van der Waals surface area contributed by atoms with Gasteiger partial charge in [0.25, 0.3) is 5.91 Å². The van der Waals surface area contributed by atoms with Crippen LogP contribution in [0.25, 0.3) is 11.3 Å². The predicted octanol–water partition coefficient (Wildman–Crippen LogP) is 5.94. The molecule has 0 atom stereocenters. The summed E-state index contributed by atoms with van der Waals surface area (Å²) in [6, 6.07) is 15.0. The van der Waals surface area contributed by atoms with E-state index in [1.54, 1.807) is 12.1 Å². The molecular weight excluding hydrogens is 363 g/mol. The zero-order valence-electron chi connectivity index (χ0n) is 13.6. The second-order valence-electron chi connectivity index (χ2n) is 5.40. The summed E-state index contributed by atoms with van der Waals surface area (Å²) in [5.41, 5.74) is 0.122. The van der Waals surface area contributed by atoms with Crippen molar-refractivity contribution in [1.29, 1.82) is 0 Å². The molecule has 0 aliphatic carbocycles. The zero-order valence-corrected chi connectivity index (χ0v) is 14.4. The van der Waals surface area contributed by atoms with E-state index < -0.39 is 17.6 Å². The SMILES string of the molecule is CSc1ccccc1NC(=O)c1ccc(-c2cccc(C(F)(F)F)c2)o1. The van der Waals surface area contributed by atoms with Crippen LogP contribution in [0.5, 0.6) is 0 Å². The Bertz CT molecular complexity index is 934. The first kappa shape index (κ1) is 18.1. The number of anilines is 1. The lowest BCUT2D eigenvalue weighted by atomic mass is 10.1. The lowest BCUT2D eigenvalue weighted by molar-refractivity contribution is -0.137. The van der Waals surface area contributed by atoms with Crippen molar-refractivity contribution in [3.63, 3.8) is 0 Å². The first-order valence-corrected chi connectivity index (χ1v) is 8.83. The molecule has 134 valence electrons. The van der Waals surface area contributed by atoms with E-state index in [2.05, 4.69) is 5.32 Å². The van der Waals surface area contributed by atoms with E-state index in [-0.39, 0.29) is 17.1 Å². The van der Waals surface area contributed by atoms with E-state index in [1.165, 1.54) is 36.0 Å². The molecule has 2 aromatic carbocycles. The van der Waals surface area contributed by atoms with Gasteiger partial charge in [0.05, 0.1) is 11.3 Å². The molecule has 3 rings (SSSR count). The van der Waals surface area contributed by atoms with Gasteiger partial charge in [0.15, 0.2) is 5.76 Å². The van der Waals surface area contributed by atoms with Crippen LogP contribution in [0.3, 0.4) is 0 Å². The minimum absolute atomic E-state index is 0.0216. The molecule has 1 amide bonds. The standard InChI is InChI=1S/C19H14F3NO2S/c1-26-17-8-3-2-7-14(17)23-18(24)16-10-9-15(25-16)12-5-4-6-13(11-12)19(20,21)22/h2-11H,1H3,(H,23,24). The van der Waals surface area contributed by atoms with Gasteiger partial charge in [-0.15, -0.1) is 11.8 Å². The van der Waals surface area contributed by atoms with Gasteiger partial charge in [0.1, 0.15) is 5.76 Å². The number of hydrogen-bond donors (Lipinski definition) is 1. The predicted molar refractivity (Wildman–Crippen MR) is 95.3 cm³/mol. The third kappa shape index (κ3) is 3.94. The van der Waals surface area contributed by atoms with E-state index in [0.717, 1.165) is 17.0 Å². The number of benzene rings is 2. The molecule has 0 saturated carbocycles. The second kappa shape index (κ2) is 7.29. The van der Waals surface area contributed by atoms with Crippen LogP contribution < -0.4 is 5.32 Å². The Morgan fingerprint density at radius 2 is 1.81 bits per heavy atom. The van der Waals surface area contributed by atoms with Crippen molar-refractivity contribution in [3.8, 4) is 11.3 Å². The maximum absolute atomic E-state index is 12.8. The number of amides is 1. The summed E-state index contributed by atoms with van der Waals surface area (Å²) in [6.07, 6.45) is -2.55. The average Bonchev–Trinajstić information content (AvgIpc) is 3.12. The molecule has 3 nitrogen and oxygen atoms in total. The number of furan rings is 1. The molecule has 0 radical (unpaired) electrons. The Morgan fingerprint density at radius 1 is 1.04 bits per heavy atom. The Balaban J connectivity index is 1.83. The number of alkyl halides is 3. The van der Waals surface area contributed by atoms with Crippen molar-refractivity contribution >= 4 is 23.4 Å². The molecule has 0 fully saturated rings. The largest absolute Gasteiger partial charge is 0.451 e. The van der Waals surface area contributed by atoms with Gasteiger partial charge in [-0.25, -0.2) is 0 Å². The summed E-state index contributed by atoms with van der Waals surface area (Å²) < 4.78 is 44.0. The van der Waals surface area contributed by atoms with E-state index >= 15 is 0 Å². The van der Waals surface area contributed by atoms with Crippen LogP contribution in [0.15, 0.2) is 70.0 Å². The lowest BCUT2D eigenvalue weighted by Crippen LogP contribution is -2.11. The van der Waals surface area contributed by atoms with Gasteiger partial charge in [-0.05, 0) is 42.7 Å². The first-order valence-electron chi connectivity index (χ1n) is 7.60. The van der Waals surface area contributed by atoms with Gasteiger partial charge >= 0.3 is 6.18 Å². The monoisotopic (exact) mass is 377 g/mol. The molecule has 26 heavy (non-hydrogen) atoms. The number of carbonyl (C=O) groups excluding carboxylic acids is 1. The van der Waals surface area contributed by atoms with E-state index in [4.69, 9.17) is 4.42 Å². The molecule has 1 aromatic heterocycles. The minimum Gasteiger partial charge on any atom is -0.451 e. The van der Waals surface area contributed by atoms with Crippen molar-refractivity contribution < 1.29 is 22.4 Å². The minimum atomic E-state index is -4.44. The molecule has 1 N–H and O–H groups in total. The van der Waals surface area contributed by atoms with Crippen LogP contribution in [-0.4, -0.2) is 12.2 Å². The van der Waals surface area contributed by atoms with Gasteiger partial charge in [-0.3, -0.25) is 4.79 Å². The number of hydrogen-bond acceptors (Lipinski definition) is 3. The highest BCUT2D eigenvalue weighted by molar-refractivity contribution is 7.98. The average molecular weight is 377 g/mol. The molecule has 1 heterocycles. The van der Waals surface area contributed by atoms with E-state index in [1.807, 2.05) is 18.4 Å². The fourth-order valence-electron chi connectivity index (χ4n) is 2.40. The number of carbonyl (C=O) groups is 1. The highest BCUT2D eigenvalue weighted by atomic mass is 32.2. The van der Waals surface area contributed by atoms with Gasteiger partial charge in [-0.1, -0.05) is 24.3 Å². The topological polar surface area (TPSA) is 42.2 Å². The van der Waals surface area contributed by atoms with Gasteiger partial charge < -0.3 is 9.73 Å². The smallest absolute Gasteiger partial charge is 0.416 e. The van der Waals surface area contributed by atoms with Crippen molar-refractivity contribution in [3.05, 3.63) is 72.0 Å². The zero-order chi connectivity index (χ0) is 18.7. The highest BCUT2D eigenvalue weighted by Crippen LogP contribution is 2.33. The van der Waals surface area contributed by atoms with Crippen LogP contribution in [0.2, 0.25) is 0 Å². The van der Waals surface area contributed by atoms with Crippen molar-refractivity contribution in [2.45, 2.75) is 11.1 Å². The third-order valence-electron chi connectivity index (χ3n) is 3.66. The number of nitrogens with one attached hydrogen (secondary N) is 1. The van der Waals surface area contributed by atoms with Gasteiger partial charge in [-0.2, -0.15) is 13.2 Å². The number of halogens is 3. The van der Waals surface area contributed by atoms with Crippen molar-refractivity contribution in [2.75, 3.05) is 11.6 Å². The maximum Gasteiger partial charge on any atom is 0.416 e. The van der Waals surface area contributed by atoms with Crippen molar-refractivity contribution in [2.24, 2.45) is 0 Å². The summed E-state index contributed by atoms with van der Waals surface area (Å²) >= 11 is 1.49. The summed E-state index contributed by atoms with van der Waals surface area (Å²) in [4.78, 5) is 13.3. The number of para-hydroxylation sites is 1. The fourth-order valence-corrected chi connectivity index (χ4v) is 2.95. The fraction of sp³-hybridized carbons (Fsp3) is 0.105. The molecular formula is C19H14F3NO2S. The summed E-state index contributed by atoms with van der Waals surface area (Å²) in [5.74, 6) is -0.252. The van der Waals surface area contributed by atoms with Crippen LogP contribution in [0.1, 0.15) is 16.1 Å². The van der Waals surface area contributed by atoms with Crippen LogP contribution in [-0.2, 0) is 6.18 Å². The molecule has 0 saturated heterocycles. The Kier molecular flexibility index (Phi) is 5.08. The lowest BCUT2D eigenvalue weighted by Gasteiger charge is -2.08. The first-order chi connectivity index (χ1) is 12.4. The summed E-state index contributed by atoms with van der Waals surface area (Å²) in [6.45, 7) is 0. The molecule has 0 aliphatic heterocycles. The summed E-state index contributed by atoms with van der Waals surface area (Å²) in [7, 11) is 0. The Morgan fingerprint density at radius 3 is 2.54 bits per heavy atom. The Labute approximate surface area is 152 Å². The number of rotatable bonds is 4. The molecule has 7 heteroatoms. The van der Waals surface area contributed by atoms with E-state index in [0.29, 0.717) is 5.69 Å². The normalized spacial score (nSPS) is 11.4. The van der Waals surface area contributed by atoms with Crippen LogP contribution >= 0.6 is 11.8 Å². The molecule has 3 aromatic rings. The third-order valence-corrected chi connectivity index (χ3v) is 4.46. The van der Waals surface area contributed by atoms with Gasteiger partial charge in [0, 0.05) is 10.5 Å². The number of thioether (sulfide) groups is 1.